The first-order valence-corrected chi connectivity index (χ1v) is 9.17. The van der Waals surface area contributed by atoms with Crippen LogP contribution in [0.1, 0.15) is 22.8 Å². The van der Waals surface area contributed by atoms with Crippen molar-refractivity contribution in [2.45, 2.75) is 36.0 Å². The highest BCUT2D eigenvalue weighted by Gasteiger charge is 2.51. The highest BCUT2D eigenvalue weighted by Crippen LogP contribution is 2.50. The number of rotatable bonds is 4. The molecule has 0 amide bonds. The van der Waals surface area contributed by atoms with Crippen molar-refractivity contribution in [2.24, 2.45) is 0 Å². The van der Waals surface area contributed by atoms with Crippen LogP contribution < -0.4 is 4.74 Å². The second-order valence-corrected chi connectivity index (χ2v) is 8.00. The first-order chi connectivity index (χ1) is 12.4. The summed E-state index contributed by atoms with van der Waals surface area (Å²) in [6.45, 7) is 1.45. The number of hydrogen-bond acceptors (Lipinski definition) is 4. The minimum Gasteiger partial charge on any atom is -0.457 e. The maximum absolute atomic E-state index is 14.0. The summed E-state index contributed by atoms with van der Waals surface area (Å²) in [6.07, 6.45) is -3.67. The molecule has 0 spiro atoms. The molecule has 2 aromatic rings. The van der Waals surface area contributed by atoms with E-state index < -0.39 is 55.9 Å². The second-order valence-electron chi connectivity index (χ2n) is 6.11. The van der Waals surface area contributed by atoms with Crippen LogP contribution >= 0.6 is 0 Å². The zero-order valence-corrected chi connectivity index (χ0v) is 14.5. The van der Waals surface area contributed by atoms with Crippen molar-refractivity contribution in [2.75, 3.05) is 0 Å². The van der Waals surface area contributed by atoms with Gasteiger partial charge in [-0.15, -0.1) is 0 Å². The van der Waals surface area contributed by atoms with Gasteiger partial charge in [-0.1, -0.05) is 0 Å². The van der Waals surface area contributed by atoms with Gasteiger partial charge in [0.15, 0.2) is 0 Å². The van der Waals surface area contributed by atoms with E-state index in [1.165, 1.54) is 19.1 Å². The van der Waals surface area contributed by atoms with Crippen molar-refractivity contribution in [1.29, 1.82) is 0 Å². The number of fused-ring (bicyclic) bond motifs is 1. The van der Waals surface area contributed by atoms with Gasteiger partial charge in [0.05, 0.1) is 4.90 Å². The number of ether oxygens (including phenoxy) is 1. The molecule has 27 heavy (non-hydrogen) atoms. The maximum atomic E-state index is 14.0. The van der Waals surface area contributed by atoms with Gasteiger partial charge in [-0.05, 0) is 42.8 Å². The lowest BCUT2D eigenvalue weighted by Gasteiger charge is -2.16. The lowest BCUT2D eigenvalue weighted by molar-refractivity contribution is -0.0976. The Morgan fingerprint density at radius 1 is 1.22 bits per heavy atom. The quantitative estimate of drug-likeness (QED) is 0.773. The molecule has 0 unspecified atom stereocenters. The summed E-state index contributed by atoms with van der Waals surface area (Å²) in [5, 5.41) is 9.84. The average Bonchev–Trinajstić information content (AvgIpc) is 2.82. The number of hydrogen-bond donors (Lipinski definition) is 1. The molecule has 1 aliphatic carbocycles. The summed E-state index contributed by atoms with van der Waals surface area (Å²) in [7, 11) is -5.22. The molecule has 146 valence electrons. The Morgan fingerprint density at radius 2 is 1.89 bits per heavy atom. The Hall–Kier alpha value is -2.20. The van der Waals surface area contributed by atoms with Gasteiger partial charge in [0.25, 0.3) is 5.92 Å². The van der Waals surface area contributed by atoms with Gasteiger partial charge < -0.3 is 9.84 Å². The Labute approximate surface area is 151 Å². The van der Waals surface area contributed by atoms with Crippen LogP contribution in [0.4, 0.5) is 22.0 Å². The molecule has 0 radical (unpaired) electrons. The summed E-state index contributed by atoms with van der Waals surface area (Å²) in [4.78, 5) is -1.07. The molecule has 3 rings (SSSR count). The van der Waals surface area contributed by atoms with Gasteiger partial charge in [0, 0.05) is 17.5 Å². The Balaban J connectivity index is 2.15. The summed E-state index contributed by atoms with van der Waals surface area (Å²) in [5.41, 5.74) is -0.987. The highest BCUT2D eigenvalue weighted by atomic mass is 32.2. The predicted octanol–water partition coefficient (Wildman–Crippen LogP) is 4.15. The lowest BCUT2D eigenvalue weighted by Crippen LogP contribution is -2.23. The van der Waals surface area contributed by atoms with Crippen LogP contribution in [-0.2, 0) is 16.3 Å². The predicted molar refractivity (Wildman–Crippen MR) is 84.5 cm³/mol. The van der Waals surface area contributed by atoms with Gasteiger partial charge in [-0.2, -0.15) is 8.78 Å². The largest absolute Gasteiger partial charge is 0.457 e. The Bertz CT molecular complexity index is 1000. The number of aliphatic hydroxyl groups is 1. The summed E-state index contributed by atoms with van der Waals surface area (Å²) < 4.78 is 96.2. The van der Waals surface area contributed by atoms with Crippen LogP contribution in [0.2, 0.25) is 0 Å². The maximum Gasteiger partial charge on any atom is 0.341 e. The molecular weight excluding hydrogens is 395 g/mol. The van der Waals surface area contributed by atoms with E-state index in [1.54, 1.807) is 0 Å². The molecule has 1 aliphatic rings. The summed E-state index contributed by atoms with van der Waals surface area (Å²) in [6, 6.07) is 5.25. The number of benzene rings is 2. The van der Waals surface area contributed by atoms with Crippen LogP contribution in [0, 0.1) is 12.7 Å². The zero-order chi connectivity index (χ0) is 20.1. The zero-order valence-electron chi connectivity index (χ0n) is 13.7. The topological polar surface area (TPSA) is 63.6 Å². The third kappa shape index (κ3) is 3.27. The van der Waals surface area contributed by atoms with E-state index in [4.69, 9.17) is 4.74 Å². The third-order valence-electron chi connectivity index (χ3n) is 4.26. The van der Waals surface area contributed by atoms with E-state index >= 15 is 0 Å². The van der Waals surface area contributed by atoms with Crippen LogP contribution in [0.3, 0.4) is 0 Å². The molecule has 0 aliphatic heterocycles. The molecule has 0 saturated carbocycles. The number of alkyl halides is 4. The normalized spacial score (nSPS) is 18.6. The van der Waals surface area contributed by atoms with Gasteiger partial charge >= 0.3 is 5.76 Å². The SMILES string of the molecule is Cc1cc(Oc2ccc(S(=O)(=O)C(F)F)c3c2CC(F)(F)[C@H]3O)ccc1F. The van der Waals surface area contributed by atoms with E-state index in [2.05, 4.69) is 0 Å². The minimum atomic E-state index is -5.22. The number of halogens is 5. The van der Waals surface area contributed by atoms with Crippen LogP contribution in [0.25, 0.3) is 0 Å². The number of aryl methyl sites for hydroxylation is 1. The molecule has 0 saturated heterocycles. The van der Waals surface area contributed by atoms with Crippen LogP contribution in [0.15, 0.2) is 35.2 Å². The van der Waals surface area contributed by atoms with E-state index in [1.807, 2.05) is 0 Å². The smallest absolute Gasteiger partial charge is 0.341 e. The molecule has 1 N–H and O–H groups in total. The fourth-order valence-corrected chi connectivity index (χ4v) is 3.89. The molecular formula is C17H13F5O4S. The number of aliphatic hydroxyl groups excluding tert-OH is 1. The van der Waals surface area contributed by atoms with Crippen LogP contribution in [0.5, 0.6) is 11.5 Å². The monoisotopic (exact) mass is 408 g/mol. The second kappa shape index (κ2) is 6.45. The van der Waals surface area contributed by atoms with Crippen molar-refractivity contribution in [1.82, 2.24) is 0 Å². The third-order valence-corrected chi connectivity index (χ3v) is 5.70. The van der Waals surface area contributed by atoms with Crippen molar-refractivity contribution in [3.05, 3.63) is 52.8 Å². The first-order valence-electron chi connectivity index (χ1n) is 7.63. The highest BCUT2D eigenvalue weighted by molar-refractivity contribution is 7.91. The molecule has 10 heteroatoms. The molecule has 0 heterocycles. The van der Waals surface area contributed by atoms with Crippen molar-refractivity contribution in [3.8, 4) is 11.5 Å². The first kappa shape index (κ1) is 19.6. The molecule has 0 bridgehead atoms. The van der Waals surface area contributed by atoms with Crippen molar-refractivity contribution >= 4 is 9.84 Å². The summed E-state index contributed by atoms with van der Waals surface area (Å²) in [5.74, 6) is -8.28. The summed E-state index contributed by atoms with van der Waals surface area (Å²) >= 11 is 0. The fraction of sp³-hybridized carbons (Fsp3) is 0.294. The van der Waals surface area contributed by atoms with Gasteiger partial charge in [-0.25, -0.2) is 21.6 Å². The van der Waals surface area contributed by atoms with Crippen molar-refractivity contribution in [3.63, 3.8) is 0 Å². The van der Waals surface area contributed by atoms with E-state index in [-0.39, 0.29) is 17.1 Å². The van der Waals surface area contributed by atoms with E-state index in [0.717, 1.165) is 12.1 Å². The van der Waals surface area contributed by atoms with E-state index in [0.29, 0.717) is 6.07 Å². The average molecular weight is 408 g/mol. The molecule has 0 fully saturated rings. The van der Waals surface area contributed by atoms with Crippen LogP contribution in [-0.4, -0.2) is 25.2 Å². The van der Waals surface area contributed by atoms with Gasteiger partial charge in [0.2, 0.25) is 9.84 Å². The molecule has 2 aromatic carbocycles. The molecule has 4 nitrogen and oxygen atoms in total. The standard InChI is InChI=1S/C17H13F5O4S/c1-8-6-9(2-3-11(8)18)26-12-4-5-13(27(24,25)16(19)20)14-10(12)7-17(21,22)15(14)23/h2-6,15-16,23H,7H2,1H3/t15-/m0/s1. The van der Waals surface area contributed by atoms with Gasteiger partial charge in [-0.3, -0.25) is 0 Å². The lowest BCUT2D eigenvalue weighted by atomic mass is 10.1. The number of sulfone groups is 1. The molecule has 1 atom stereocenters. The fourth-order valence-electron chi connectivity index (χ4n) is 2.90. The van der Waals surface area contributed by atoms with Gasteiger partial charge in [0.1, 0.15) is 23.4 Å². The van der Waals surface area contributed by atoms with E-state index in [9.17, 15) is 35.5 Å². The minimum absolute atomic E-state index is 0.0743. The van der Waals surface area contributed by atoms with Crippen molar-refractivity contribution < 1.29 is 40.2 Å². The Kier molecular flexibility index (Phi) is 4.67. The molecule has 0 aromatic heterocycles. The Morgan fingerprint density at radius 3 is 2.48 bits per heavy atom.